The third-order valence-electron chi connectivity index (χ3n) is 2.25. The summed E-state index contributed by atoms with van der Waals surface area (Å²) in [6.07, 6.45) is -0.814. The Hall–Kier alpha value is -0.160. The van der Waals surface area contributed by atoms with Crippen molar-refractivity contribution in [2.24, 2.45) is 11.7 Å². The molecule has 1 aliphatic rings. The zero-order valence-corrected chi connectivity index (χ0v) is 6.60. The summed E-state index contributed by atoms with van der Waals surface area (Å²) in [6, 6.07) is -0.312. The summed E-state index contributed by atoms with van der Waals surface area (Å²) >= 11 is 0. The topological polar surface area (TPSA) is 75.7 Å². The largest absolute Gasteiger partial charge is 0.394 e. The molecule has 1 rings (SSSR count). The summed E-state index contributed by atoms with van der Waals surface area (Å²) in [5.41, 5.74) is 5.53. The van der Waals surface area contributed by atoms with Crippen LogP contribution in [0.2, 0.25) is 0 Å². The maximum atomic E-state index is 9.43. The summed E-state index contributed by atoms with van der Waals surface area (Å²) in [4.78, 5) is 0. The number of hydrogen-bond acceptors (Lipinski definition) is 4. The van der Waals surface area contributed by atoms with E-state index in [-0.39, 0.29) is 24.7 Å². The third kappa shape index (κ3) is 1.70. The van der Waals surface area contributed by atoms with Crippen LogP contribution >= 0.6 is 0 Å². The van der Waals surface area contributed by atoms with Crippen molar-refractivity contribution in [1.29, 1.82) is 0 Å². The molecule has 4 atom stereocenters. The maximum Gasteiger partial charge on any atom is 0.0857 e. The molecule has 0 radical (unpaired) electrons. The predicted molar refractivity (Wildman–Crippen MR) is 40.0 cm³/mol. The minimum atomic E-state index is -0.555. The van der Waals surface area contributed by atoms with Crippen molar-refractivity contribution in [3.05, 3.63) is 0 Å². The first-order valence-electron chi connectivity index (χ1n) is 3.83. The van der Waals surface area contributed by atoms with Crippen LogP contribution in [0.1, 0.15) is 6.92 Å². The molecule has 1 aliphatic heterocycles. The zero-order valence-electron chi connectivity index (χ0n) is 6.60. The van der Waals surface area contributed by atoms with Gasteiger partial charge in [-0.2, -0.15) is 0 Å². The standard InChI is InChI=1S/C7H15NO3/c1-4-6(2-9)11-3-5(8)7(4)10/h4-7,9-10H,2-3,8H2,1H3/t4-,5?,6?,7+/m0/s1. The summed E-state index contributed by atoms with van der Waals surface area (Å²) < 4.78 is 5.19. The van der Waals surface area contributed by atoms with Gasteiger partial charge in [-0.05, 0) is 0 Å². The van der Waals surface area contributed by atoms with Crippen LogP contribution in [0.4, 0.5) is 0 Å². The molecule has 0 saturated carbocycles. The molecule has 0 amide bonds. The maximum absolute atomic E-state index is 9.43. The highest BCUT2D eigenvalue weighted by Gasteiger charge is 2.33. The number of aliphatic hydroxyl groups excluding tert-OH is 2. The first-order valence-corrected chi connectivity index (χ1v) is 3.83. The fourth-order valence-corrected chi connectivity index (χ4v) is 1.31. The third-order valence-corrected chi connectivity index (χ3v) is 2.25. The first-order chi connectivity index (χ1) is 5.16. The smallest absolute Gasteiger partial charge is 0.0857 e. The van der Waals surface area contributed by atoms with Gasteiger partial charge in [0, 0.05) is 5.92 Å². The molecule has 0 aromatic heterocycles. The molecule has 0 spiro atoms. The highest BCUT2D eigenvalue weighted by atomic mass is 16.5. The molecule has 0 aromatic rings. The molecule has 0 bridgehead atoms. The minimum absolute atomic E-state index is 0.0506. The van der Waals surface area contributed by atoms with Crippen molar-refractivity contribution in [3.8, 4) is 0 Å². The van der Waals surface area contributed by atoms with Gasteiger partial charge >= 0.3 is 0 Å². The molecule has 11 heavy (non-hydrogen) atoms. The van der Waals surface area contributed by atoms with Crippen molar-refractivity contribution < 1.29 is 14.9 Å². The quantitative estimate of drug-likeness (QED) is 0.447. The second kappa shape index (κ2) is 3.49. The lowest BCUT2D eigenvalue weighted by atomic mass is 9.91. The van der Waals surface area contributed by atoms with E-state index >= 15 is 0 Å². The van der Waals surface area contributed by atoms with E-state index in [1.54, 1.807) is 0 Å². The van der Waals surface area contributed by atoms with E-state index < -0.39 is 6.10 Å². The van der Waals surface area contributed by atoms with Crippen LogP contribution in [0.25, 0.3) is 0 Å². The van der Waals surface area contributed by atoms with Crippen molar-refractivity contribution in [3.63, 3.8) is 0 Å². The summed E-state index contributed by atoms with van der Waals surface area (Å²) in [5.74, 6) is -0.0799. The van der Waals surface area contributed by atoms with Gasteiger partial charge in [-0.25, -0.2) is 0 Å². The molecular weight excluding hydrogens is 146 g/mol. The molecule has 4 N–H and O–H groups in total. The number of ether oxygens (including phenoxy) is 1. The fourth-order valence-electron chi connectivity index (χ4n) is 1.31. The number of hydrogen-bond donors (Lipinski definition) is 3. The van der Waals surface area contributed by atoms with Crippen molar-refractivity contribution in [2.45, 2.75) is 25.2 Å². The Morgan fingerprint density at radius 2 is 2.27 bits per heavy atom. The van der Waals surface area contributed by atoms with Gasteiger partial charge in [0.15, 0.2) is 0 Å². The molecule has 1 saturated heterocycles. The highest BCUT2D eigenvalue weighted by molar-refractivity contribution is 4.85. The Kier molecular flexibility index (Phi) is 2.84. The van der Waals surface area contributed by atoms with Crippen molar-refractivity contribution in [2.75, 3.05) is 13.2 Å². The van der Waals surface area contributed by atoms with Crippen LogP contribution in [0.3, 0.4) is 0 Å². The predicted octanol–water partition coefficient (Wildman–Crippen LogP) is -1.30. The van der Waals surface area contributed by atoms with E-state index in [1.165, 1.54) is 0 Å². The van der Waals surface area contributed by atoms with Crippen LogP contribution in [0.5, 0.6) is 0 Å². The Labute approximate surface area is 66.0 Å². The summed E-state index contributed by atoms with van der Waals surface area (Å²) in [6.45, 7) is 2.10. The van der Waals surface area contributed by atoms with Gasteiger partial charge < -0.3 is 20.7 Å². The van der Waals surface area contributed by atoms with Crippen LogP contribution in [0, 0.1) is 5.92 Å². The molecule has 0 aliphatic carbocycles. The van der Waals surface area contributed by atoms with Gasteiger partial charge in [-0.15, -0.1) is 0 Å². The Morgan fingerprint density at radius 1 is 1.64 bits per heavy atom. The van der Waals surface area contributed by atoms with Gasteiger partial charge in [-0.3, -0.25) is 0 Å². The fraction of sp³-hybridized carbons (Fsp3) is 1.00. The van der Waals surface area contributed by atoms with Crippen LogP contribution in [0.15, 0.2) is 0 Å². The summed E-state index contributed by atoms with van der Waals surface area (Å²) in [5, 5.41) is 18.2. The lowest BCUT2D eigenvalue weighted by Crippen LogP contribution is -2.53. The van der Waals surface area contributed by atoms with Gasteiger partial charge in [0.05, 0.1) is 31.5 Å². The van der Waals surface area contributed by atoms with Gasteiger partial charge in [0.1, 0.15) is 0 Å². The lowest BCUT2D eigenvalue weighted by molar-refractivity contribution is -0.114. The average molecular weight is 161 g/mol. The Morgan fingerprint density at radius 3 is 2.82 bits per heavy atom. The molecule has 4 nitrogen and oxygen atoms in total. The van der Waals surface area contributed by atoms with Crippen molar-refractivity contribution in [1.82, 2.24) is 0 Å². The second-order valence-corrected chi connectivity index (χ2v) is 3.07. The number of nitrogens with two attached hydrogens (primary N) is 1. The van der Waals surface area contributed by atoms with E-state index in [1.807, 2.05) is 6.92 Å². The van der Waals surface area contributed by atoms with Gasteiger partial charge in [0.25, 0.3) is 0 Å². The SMILES string of the molecule is C[C@H]1C(CO)OCC(N)[C@@H]1O. The van der Waals surface area contributed by atoms with Crippen LogP contribution < -0.4 is 5.73 Å². The average Bonchev–Trinajstić information content (AvgIpc) is 2.01. The Balaban J connectivity index is 2.52. The minimum Gasteiger partial charge on any atom is -0.394 e. The van der Waals surface area contributed by atoms with Crippen molar-refractivity contribution >= 4 is 0 Å². The van der Waals surface area contributed by atoms with E-state index in [2.05, 4.69) is 0 Å². The van der Waals surface area contributed by atoms with Crippen LogP contribution in [-0.4, -0.2) is 41.7 Å². The van der Waals surface area contributed by atoms with Gasteiger partial charge in [0.2, 0.25) is 0 Å². The first kappa shape index (κ1) is 8.93. The summed E-state index contributed by atoms with van der Waals surface area (Å²) in [7, 11) is 0. The molecule has 0 aromatic carbocycles. The monoisotopic (exact) mass is 161 g/mol. The molecule has 66 valence electrons. The molecule has 1 fully saturated rings. The Bertz CT molecular complexity index is 129. The molecular formula is C7H15NO3. The van der Waals surface area contributed by atoms with E-state index in [0.29, 0.717) is 6.61 Å². The lowest BCUT2D eigenvalue weighted by Gasteiger charge is -2.36. The molecule has 4 heteroatoms. The zero-order chi connectivity index (χ0) is 8.43. The van der Waals surface area contributed by atoms with E-state index in [4.69, 9.17) is 15.6 Å². The molecule has 1 heterocycles. The highest BCUT2D eigenvalue weighted by Crippen LogP contribution is 2.19. The second-order valence-electron chi connectivity index (χ2n) is 3.07. The van der Waals surface area contributed by atoms with Gasteiger partial charge in [-0.1, -0.05) is 6.92 Å². The van der Waals surface area contributed by atoms with Crippen LogP contribution in [-0.2, 0) is 4.74 Å². The number of rotatable bonds is 1. The number of aliphatic hydroxyl groups is 2. The molecule has 2 unspecified atom stereocenters. The van der Waals surface area contributed by atoms with E-state index in [0.717, 1.165) is 0 Å². The van der Waals surface area contributed by atoms with E-state index in [9.17, 15) is 5.11 Å². The normalized spacial score (nSPS) is 45.8.